The van der Waals surface area contributed by atoms with Gasteiger partial charge in [0, 0.05) is 5.69 Å². The molecule has 0 aromatic heterocycles. The van der Waals surface area contributed by atoms with Gasteiger partial charge in [-0.15, -0.1) is 0 Å². The monoisotopic (exact) mass is 299 g/mol. The number of hydrogen-bond donors (Lipinski definition) is 3. The lowest BCUT2D eigenvalue weighted by Gasteiger charge is -2.13. The Labute approximate surface area is 129 Å². The first kappa shape index (κ1) is 15.6. The number of aryl methyl sites for hydroxylation is 1. The molecule has 22 heavy (non-hydrogen) atoms. The molecule has 0 fully saturated rings. The molecule has 2 aromatic rings. The van der Waals surface area contributed by atoms with E-state index in [0.29, 0.717) is 11.3 Å². The van der Waals surface area contributed by atoms with Crippen molar-refractivity contribution in [1.29, 1.82) is 0 Å². The minimum Gasteiger partial charge on any atom is -0.376 e. The van der Waals surface area contributed by atoms with Gasteiger partial charge in [0.1, 0.15) is 5.82 Å². The number of rotatable bonds is 6. The molecule has 0 aliphatic heterocycles. The van der Waals surface area contributed by atoms with E-state index in [2.05, 4.69) is 22.7 Å². The molecule has 0 atom stereocenters. The fraction of sp³-hybridized carbons (Fsp3) is 0.118. The fourth-order valence-corrected chi connectivity index (χ4v) is 1.86. The first-order chi connectivity index (χ1) is 10.6. The predicted molar refractivity (Wildman–Crippen MR) is 86.4 cm³/mol. The van der Waals surface area contributed by atoms with Crippen LogP contribution in [0.15, 0.2) is 55.1 Å². The number of amides is 1. The summed E-state index contributed by atoms with van der Waals surface area (Å²) in [7, 11) is 0. The lowest BCUT2D eigenvalue weighted by atomic mass is 10.2. The molecule has 3 N–H and O–H groups in total. The highest BCUT2D eigenvalue weighted by Crippen LogP contribution is 2.12. The zero-order valence-electron chi connectivity index (χ0n) is 12.3. The molecule has 0 spiro atoms. The molecule has 2 aromatic carbocycles. The molecule has 0 heterocycles. The number of anilines is 1. The van der Waals surface area contributed by atoms with Crippen LogP contribution in [0.4, 0.5) is 10.1 Å². The second-order valence-electron chi connectivity index (χ2n) is 4.83. The van der Waals surface area contributed by atoms with Gasteiger partial charge < -0.3 is 5.32 Å². The van der Waals surface area contributed by atoms with Crippen LogP contribution in [0.25, 0.3) is 5.70 Å². The smallest absolute Gasteiger partial charge is 0.257 e. The molecule has 0 aliphatic rings. The first-order valence-electron chi connectivity index (χ1n) is 6.85. The third-order valence-corrected chi connectivity index (χ3v) is 3.13. The van der Waals surface area contributed by atoms with Crippen LogP contribution in [-0.2, 0) is 4.79 Å². The van der Waals surface area contributed by atoms with Gasteiger partial charge in [-0.25, -0.2) is 4.39 Å². The summed E-state index contributed by atoms with van der Waals surface area (Å²) in [6.45, 7) is 5.89. The first-order valence-corrected chi connectivity index (χ1v) is 6.85. The summed E-state index contributed by atoms with van der Waals surface area (Å²) in [6.07, 6.45) is 0. The van der Waals surface area contributed by atoms with Crippen LogP contribution in [0, 0.1) is 12.7 Å². The van der Waals surface area contributed by atoms with Crippen molar-refractivity contribution in [2.45, 2.75) is 6.92 Å². The van der Waals surface area contributed by atoms with E-state index in [1.54, 1.807) is 12.1 Å². The molecule has 0 bridgehead atoms. The van der Waals surface area contributed by atoms with Crippen molar-refractivity contribution in [3.05, 3.63) is 72.1 Å². The number of hydrogen-bond acceptors (Lipinski definition) is 3. The number of halogens is 1. The standard InChI is InChI=1S/C17H18FN3O/c1-12-5-3-4-6-16(12)19-11-17(22)21-20-13(2)14-7-9-15(18)10-8-14/h3-10,19-20H,2,11H2,1H3,(H,21,22). The third-order valence-electron chi connectivity index (χ3n) is 3.13. The Kier molecular flexibility index (Phi) is 5.14. The van der Waals surface area contributed by atoms with Crippen molar-refractivity contribution in [2.24, 2.45) is 0 Å². The number of carbonyl (C=O) groups is 1. The average Bonchev–Trinajstić information content (AvgIpc) is 2.52. The Hall–Kier alpha value is -2.82. The summed E-state index contributed by atoms with van der Waals surface area (Å²) in [6, 6.07) is 13.6. The normalized spacial score (nSPS) is 9.91. The van der Waals surface area contributed by atoms with Crippen molar-refractivity contribution >= 4 is 17.3 Å². The summed E-state index contributed by atoms with van der Waals surface area (Å²) >= 11 is 0. The summed E-state index contributed by atoms with van der Waals surface area (Å²) in [4.78, 5) is 11.8. The van der Waals surface area contributed by atoms with Crippen LogP contribution in [0.2, 0.25) is 0 Å². The number of nitrogens with one attached hydrogen (secondary N) is 3. The highest BCUT2D eigenvalue weighted by Gasteiger charge is 2.04. The summed E-state index contributed by atoms with van der Waals surface area (Å²) in [5.74, 6) is -0.547. The van der Waals surface area contributed by atoms with Gasteiger partial charge in [0.25, 0.3) is 5.91 Å². The second kappa shape index (κ2) is 7.26. The molecule has 0 saturated carbocycles. The van der Waals surface area contributed by atoms with Gasteiger partial charge in [-0.2, -0.15) is 0 Å². The van der Waals surface area contributed by atoms with Crippen LogP contribution >= 0.6 is 0 Å². The number of hydrazine groups is 1. The Morgan fingerprint density at radius 2 is 1.77 bits per heavy atom. The highest BCUT2D eigenvalue weighted by atomic mass is 19.1. The van der Waals surface area contributed by atoms with E-state index in [1.807, 2.05) is 31.2 Å². The summed E-state index contributed by atoms with van der Waals surface area (Å²) in [5, 5.41) is 3.05. The summed E-state index contributed by atoms with van der Waals surface area (Å²) < 4.78 is 12.8. The molecule has 5 heteroatoms. The average molecular weight is 299 g/mol. The van der Waals surface area contributed by atoms with Crippen molar-refractivity contribution < 1.29 is 9.18 Å². The van der Waals surface area contributed by atoms with Crippen molar-refractivity contribution in [1.82, 2.24) is 10.9 Å². The fourth-order valence-electron chi connectivity index (χ4n) is 1.86. The van der Waals surface area contributed by atoms with E-state index in [9.17, 15) is 9.18 Å². The molecular formula is C17H18FN3O. The third kappa shape index (κ3) is 4.34. The number of para-hydroxylation sites is 1. The van der Waals surface area contributed by atoms with Gasteiger partial charge in [-0.05, 0) is 48.4 Å². The van der Waals surface area contributed by atoms with E-state index in [1.165, 1.54) is 12.1 Å². The molecule has 4 nitrogen and oxygen atoms in total. The topological polar surface area (TPSA) is 53.2 Å². The van der Waals surface area contributed by atoms with Gasteiger partial charge in [-0.1, -0.05) is 24.8 Å². The highest BCUT2D eigenvalue weighted by molar-refractivity contribution is 5.81. The quantitative estimate of drug-likeness (QED) is 0.719. The molecule has 0 saturated heterocycles. The minimum absolute atomic E-state index is 0.133. The van der Waals surface area contributed by atoms with Crippen LogP contribution in [0.1, 0.15) is 11.1 Å². The van der Waals surface area contributed by atoms with E-state index in [-0.39, 0.29) is 18.3 Å². The maximum absolute atomic E-state index is 12.8. The Balaban J connectivity index is 1.79. The largest absolute Gasteiger partial charge is 0.376 e. The Morgan fingerprint density at radius 1 is 1.09 bits per heavy atom. The van der Waals surface area contributed by atoms with Crippen molar-refractivity contribution in [3.8, 4) is 0 Å². The molecule has 0 radical (unpaired) electrons. The molecule has 2 rings (SSSR count). The molecule has 0 unspecified atom stereocenters. The Morgan fingerprint density at radius 3 is 2.45 bits per heavy atom. The van der Waals surface area contributed by atoms with E-state index in [4.69, 9.17) is 0 Å². The SMILES string of the molecule is C=C(NNC(=O)CNc1ccccc1C)c1ccc(F)cc1. The van der Waals surface area contributed by atoms with Crippen molar-refractivity contribution in [3.63, 3.8) is 0 Å². The zero-order valence-corrected chi connectivity index (χ0v) is 12.3. The molecule has 1 amide bonds. The lowest BCUT2D eigenvalue weighted by molar-refractivity contribution is -0.120. The second-order valence-corrected chi connectivity index (χ2v) is 4.83. The van der Waals surface area contributed by atoms with Gasteiger partial charge in [0.15, 0.2) is 0 Å². The van der Waals surface area contributed by atoms with Crippen LogP contribution in [-0.4, -0.2) is 12.5 Å². The van der Waals surface area contributed by atoms with Gasteiger partial charge >= 0.3 is 0 Å². The Bertz CT molecular complexity index is 668. The predicted octanol–water partition coefficient (Wildman–Crippen LogP) is 2.84. The lowest BCUT2D eigenvalue weighted by Crippen LogP contribution is -2.39. The minimum atomic E-state index is -0.317. The van der Waals surface area contributed by atoms with Crippen molar-refractivity contribution in [2.75, 3.05) is 11.9 Å². The number of carbonyl (C=O) groups excluding carboxylic acids is 1. The maximum Gasteiger partial charge on any atom is 0.257 e. The van der Waals surface area contributed by atoms with Crippen LogP contribution in [0.5, 0.6) is 0 Å². The van der Waals surface area contributed by atoms with Gasteiger partial charge in [0.05, 0.1) is 12.2 Å². The molecule has 0 aliphatic carbocycles. The van der Waals surface area contributed by atoms with E-state index >= 15 is 0 Å². The zero-order chi connectivity index (χ0) is 15.9. The van der Waals surface area contributed by atoms with Crippen LogP contribution in [0.3, 0.4) is 0 Å². The molecular weight excluding hydrogens is 281 g/mol. The van der Waals surface area contributed by atoms with Gasteiger partial charge in [-0.3, -0.25) is 15.6 Å². The van der Waals surface area contributed by atoms with Gasteiger partial charge in [0.2, 0.25) is 0 Å². The van der Waals surface area contributed by atoms with E-state index in [0.717, 1.165) is 11.3 Å². The number of benzene rings is 2. The van der Waals surface area contributed by atoms with E-state index < -0.39 is 0 Å². The maximum atomic E-state index is 12.8. The molecule has 114 valence electrons. The van der Waals surface area contributed by atoms with Crippen LogP contribution < -0.4 is 16.2 Å². The summed E-state index contributed by atoms with van der Waals surface area (Å²) in [5.41, 5.74) is 8.43.